The number of hydrogen-bond donors (Lipinski definition) is 3. The molecule has 7 nitrogen and oxygen atoms in total. The first-order chi connectivity index (χ1) is 11.9. The molecule has 1 fully saturated rings. The number of urea groups is 1. The van der Waals surface area contributed by atoms with Crippen molar-refractivity contribution >= 4 is 29.2 Å². The van der Waals surface area contributed by atoms with Gasteiger partial charge in [0.25, 0.3) is 11.8 Å². The summed E-state index contributed by atoms with van der Waals surface area (Å²) in [5.41, 5.74) is 2.68. The third kappa shape index (κ3) is 3.60. The Morgan fingerprint density at radius 2 is 1.80 bits per heavy atom. The molecule has 7 heteroatoms. The highest BCUT2D eigenvalue weighted by Gasteiger charge is 2.30. The maximum atomic E-state index is 12.4. The molecule has 1 unspecified atom stereocenters. The second kappa shape index (κ2) is 6.64. The van der Waals surface area contributed by atoms with Gasteiger partial charge in [-0.3, -0.25) is 14.9 Å². The number of nitrogens with zero attached hydrogens (tertiary/aromatic N) is 1. The molecule has 128 valence electrons. The number of imide groups is 1. The Labute approximate surface area is 145 Å². The second-order valence-corrected chi connectivity index (χ2v) is 5.92. The highest BCUT2D eigenvalue weighted by atomic mass is 16.2. The predicted molar refractivity (Wildman–Crippen MR) is 94.6 cm³/mol. The van der Waals surface area contributed by atoms with Crippen LogP contribution < -0.4 is 20.9 Å². The molecule has 3 rings (SSSR count). The van der Waals surface area contributed by atoms with E-state index in [1.807, 2.05) is 31.1 Å². The van der Waals surface area contributed by atoms with Crippen LogP contribution in [-0.4, -0.2) is 31.9 Å². The summed E-state index contributed by atoms with van der Waals surface area (Å²) in [7, 11) is 3.86. The van der Waals surface area contributed by atoms with Crippen molar-refractivity contribution in [3.8, 4) is 0 Å². The van der Waals surface area contributed by atoms with E-state index in [1.165, 1.54) is 0 Å². The van der Waals surface area contributed by atoms with Crippen LogP contribution in [0.3, 0.4) is 0 Å². The molecule has 0 radical (unpaired) electrons. The van der Waals surface area contributed by atoms with Crippen molar-refractivity contribution in [2.75, 3.05) is 24.3 Å². The van der Waals surface area contributed by atoms with E-state index < -0.39 is 18.0 Å². The molecule has 0 bridgehead atoms. The van der Waals surface area contributed by atoms with Gasteiger partial charge in [0.1, 0.15) is 6.04 Å². The number of carbonyl (C=O) groups excluding carboxylic acids is 3. The number of carbonyl (C=O) groups is 3. The molecule has 1 saturated heterocycles. The first-order valence-electron chi connectivity index (χ1n) is 7.74. The van der Waals surface area contributed by atoms with E-state index in [2.05, 4.69) is 16.0 Å². The fourth-order valence-electron chi connectivity index (χ4n) is 2.56. The molecular formula is C18H18N4O3. The van der Waals surface area contributed by atoms with Crippen molar-refractivity contribution < 1.29 is 14.4 Å². The average Bonchev–Trinajstić information content (AvgIpc) is 2.93. The van der Waals surface area contributed by atoms with Crippen molar-refractivity contribution in [1.29, 1.82) is 0 Å². The zero-order chi connectivity index (χ0) is 18.0. The number of amides is 4. The molecule has 4 amide bonds. The third-order valence-electron chi connectivity index (χ3n) is 3.90. The molecule has 2 aromatic rings. The lowest BCUT2D eigenvalue weighted by Gasteiger charge is -2.13. The van der Waals surface area contributed by atoms with Gasteiger partial charge in [0.05, 0.1) is 0 Å². The molecule has 3 N–H and O–H groups in total. The van der Waals surface area contributed by atoms with Gasteiger partial charge in [-0.1, -0.05) is 12.1 Å². The van der Waals surface area contributed by atoms with Crippen molar-refractivity contribution in [1.82, 2.24) is 10.6 Å². The van der Waals surface area contributed by atoms with Gasteiger partial charge in [-0.05, 0) is 42.0 Å². The summed E-state index contributed by atoms with van der Waals surface area (Å²) in [6.07, 6.45) is 0. The molecule has 0 aromatic heterocycles. The quantitative estimate of drug-likeness (QED) is 0.743. The lowest BCUT2D eigenvalue weighted by atomic mass is 10.1. The summed E-state index contributed by atoms with van der Waals surface area (Å²) in [4.78, 5) is 37.3. The van der Waals surface area contributed by atoms with E-state index in [9.17, 15) is 14.4 Å². The van der Waals surface area contributed by atoms with Gasteiger partial charge in [-0.2, -0.15) is 0 Å². The van der Waals surface area contributed by atoms with Gasteiger partial charge in [0.2, 0.25) is 0 Å². The van der Waals surface area contributed by atoms with Crippen LogP contribution in [0.5, 0.6) is 0 Å². The normalized spacial score (nSPS) is 16.2. The van der Waals surface area contributed by atoms with Crippen molar-refractivity contribution in [3.63, 3.8) is 0 Å². The van der Waals surface area contributed by atoms with Gasteiger partial charge in [0, 0.05) is 31.0 Å². The van der Waals surface area contributed by atoms with Crippen molar-refractivity contribution in [3.05, 3.63) is 59.7 Å². The Balaban J connectivity index is 1.74. The van der Waals surface area contributed by atoms with Crippen molar-refractivity contribution in [2.45, 2.75) is 6.04 Å². The molecule has 0 spiro atoms. The number of anilines is 2. The number of rotatable bonds is 4. The monoisotopic (exact) mass is 338 g/mol. The fourth-order valence-corrected chi connectivity index (χ4v) is 2.56. The minimum absolute atomic E-state index is 0.248. The van der Waals surface area contributed by atoms with Crippen LogP contribution in [0.1, 0.15) is 22.0 Å². The molecular weight excluding hydrogens is 320 g/mol. The average molecular weight is 338 g/mol. The summed E-state index contributed by atoms with van der Waals surface area (Å²) >= 11 is 0. The number of nitrogens with one attached hydrogen (secondary N) is 3. The number of benzene rings is 2. The standard InChI is InChI=1S/C18H18N4O3/c1-22(2)14-8-6-11(7-9-14)16(23)19-13-5-3-4-12(10-13)15-17(24)21-18(25)20-15/h3-10,15H,1-2H3,(H,19,23)(H2,20,21,24,25). The van der Waals surface area contributed by atoms with Gasteiger partial charge in [0.15, 0.2) is 0 Å². The first-order valence-corrected chi connectivity index (χ1v) is 7.74. The van der Waals surface area contributed by atoms with Crippen LogP contribution in [0.25, 0.3) is 0 Å². The molecule has 0 saturated carbocycles. The minimum atomic E-state index is -0.747. The Bertz CT molecular complexity index is 830. The summed E-state index contributed by atoms with van der Waals surface area (Å²) in [6, 6.07) is 12.8. The molecule has 25 heavy (non-hydrogen) atoms. The maximum Gasteiger partial charge on any atom is 0.322 e. The Hall–Kier alpha value is -3.35. The third-order valence-corrected chi connectivity index (χ3v) is 3.90. The highest BCUT2D eigenvalue weighted by molar-refractivity contribution is 6.06. The smallest absolute Gasteiger partial charge is 0.322 e. The van der Waals surface area contributed by atoms with E-state index in [1.54, 1.807) is 36.4 Å². The number of hydrogen-bond acceptors (Lipinski definition) is 4. The molecule has 1 aliphatic heterocycles. The molecule has 0 aliphatic carbocycles. The lowest BCUT2D eigenvalue weighted by molar-refractivity contribution is -0.120. The van der Waals surface area contributed by atoms with Crippen LogP contribution in [-0.2, 0) is 4.79 Å². The Morgan fingerprint density at radius 3 is 2.40 bits per heavy atom. The topological polar surface area (TPSA) is 90.5 Å². The van der Waals surface area contributed by atoms with Crippen LogP contribution in [0.15, 0.2) is 48.5 Å². The summed E-state index contributed by atoms with van der Waals surface area (Å²) in [5, 5.41) is 7.52. The van der Waals surface area contributed by atoms with E-state index in [0.29, 0.717) is 16.8 Å². The zero-order valence-electron chi connectivity index (χ0n) is 13.9. The van der Waals surface area contributed by atoms with E-state index in [-0.39, 0.29) is 5.91 Å². The Morgan fingerprint density at radius 1 is 1.08 bits per heavy atom. The first kappa shape index (κ1) is 16.5. The molecule has 1 heterocycles. The summed E-state index contributed by atoms with van der Waals surface area (Å²) in [5.74, 6) is -0.657. The molecule has 2 aromatic carbocycles. The second-order valence-electron chi connectivity index (χ2n) is 5.92. The van der Waals surface area contributed by atoms with E-state index in [4.69, 9.17) is 0 Å². The lowest BCUT2D eigenvalue weighted by Crippen LogP contribution is -2.22. The van der Waals surface area contributed by atoms with Gasteiger partial charge < -0.3 is 15.5 Å². The molecule has 1 aliphatic rings. The summed E-state index contributed by atoms with van der Waals surface area (Å²) in [6.45, 7) is 0. The Kier molecular flexibility index (Phi) is 4.38. The van der Waals surface area contributed by atoms with E-state index in [0.717, 1.165) is 5.69 Å². The van der Waals surface area contributed by atoms with Gasteiger partial charge in [-0.15, -0.1) is 0 Å². The van der Waals surface area contributed by atoms with Crippen LogP contribution in [0, 0.1) is 0 Å². The van der Waals surface area contributed by atoms with Gasteiger partial charge >= 0.3 is 6.03 Å². The fraction of sp³-hybridized carbons (Fsp3) is 0.167. The van der Waals surface area contributed by atoms with E-state index >= 15 is 0 Å². The van der Waals surface area contributed by atoms with Crippen LogP contribution in [0.2, 0.25) is 0 Å². The highest BCUT2D eigenvalue weighted by Crippen LogP contribution is 2.21. The van der Waals surface area contributed by atoms with Crippen molar-refractivity contribution in [2.24, 2.45) is 0 Å². The summed E-state index contributed by atoms with van der Waals surface area (Å²) < 4.78 is 0. The zero-order valence-corrected chi connectivity index (χ0v) is 13.9. The van der Waals surface area contributed by atoms with Crippen LogP contribution >= 0.6 is 0 Å². The largest absolute Gasteiger partial charge is 0.378 e. The molecule has 1 atom stereocenters. The SMILES string of the molecule is CN(C)c1ccc(C(=O)Nc2cccc(C3NC(=O)NC3=O)c2)cc1. The predicted octanol–water partition coefficient (Wildman–Crippen LogP) is 1.89. The van der Waals surface area contributed by atoms with Gasteiger partial charge in [-0.25, -0.2) is 4.79 Å². The maximum absolute atomic E-state index is 12.4. The minimum Gasteiger partial charge on any atom is -0.378 e. The van der Waals surface area contributed by atoms with Crippen LogP contribution in [0.4, 0.5) is 16.2 Å².